The third kappa shape index (κ3) is 4.66. The highest BCUT2D eigenvalue weighted by Crippen LogP contribution is 2.29. The predicted octanol–water partition coefficient (Wildman–Crippen LogP) is 4.72. The Kier molecular flexibility index (Phi) is 5.56. The molecule has 0 atom stereocenters. The highest BCUT2D eigenvalue weighted by atomic mass is 79.9. The Morgan fingerprint density at radius 3 is 2.81 bits per heavy atom. The Morgan fingerprint density at radius 2 is 2.10 bits per heavy atom. The summed E-state index contributed by atoms with van der Waals surface area (Å²) in [6.07, 6.45) is 0. The van der Waals surface area contributed by atoms with Gasteiger partial charge in [-0.05, 0) is 58.7 Å². The van der Waals surface area contributed by atoms with Crippen LogP contribution in [0.25, 0.3) is 0 Å². The van der Waals surface area contributed by atoms with Crippen molar-refractivity contribution < 1.29 is 4.79 Å². The third-order valence-electron chi connectivity index (χ3n) is 2.79. The van der Waals surface area contributed by atoms with E-state index in [0.29, 0.717) is 16.5 Å². The first kappa shape index (κ1) is 16.2. The minimum Gasteiger partial charge on any atom is -0.399 e. The highest BCUT2D eigenvalue weighted by Gasteiger charge is 2.08. The summed E-state index contributed by atoms with van der Waals surface area (Å²) >= 11 is 10.8. The Balaban J connectivity index is 1.97. The number of amides is 1. The smallest absolute Gasteiger partial charge is 0.234 e. The van der Waals surface area contributed by atoms with Crippen LogP contribution in [0, 0.1) is 6.92 Å². The molecule has 0 aromatic heterocycles. The van der Waals surface area contributed by atoms with Gasteiger partial charge in [0.05, 0.1) is 5.75 Å². The second kappa shape index (κ2) is 7.20. The molecule has 21 heavy (non-hydrogen) atoms. The van der Waals surface area contributed by atoms with Gasteiger partial charge in [-0.25, -0.2) is 0 Å². The summed E-state index contributed by atoms with van der Waals surface area (Å²) in [6, 6.07) is 10.9. The lowest BCUT2D eigenvalue weighted by molar-refractivity contribution is -0.113. The molecule has 2 rings (SSSR count). The number of carbonyl (C=O) groups is 1. The fourth-order valence-corrected chi connectivity index (χ4v) is 3.32. The van der Waals surface area contributed by atoms with Crippen LogP contribution >= 0.6 is 39.3 Å². The molecule has 0 aliphatic carbocycles. The SMILES string of the molecule is Cc1ccc(Cl)cc1NC(=O)CSc1ccc(N)cc1Br. The van der Waals surface area contributed by atoms with Gasteiger partial charge in [0, 0.05) is 25.8 Å². The van der Waals surface area contributed by atoms with Crippen LogP contribution in [0.2, 0.25) is 5.02 Å². The molecule has 0 saturated heterocycles. The molecule has 3 nitrogen and oxygen atoms in total. The molecule has 0 heterocycles. The molecule has 0 spiro atoms. The molecule has 3 N–H and O–H groups in total. The fourth-order valence-electron chi connectivity index (χ4n) is 1.69. The van der Waals surface area contributed by atoms with Gasteiger partial charge in [-0.15, -0.1) is 11.8 Å². The van der Waals surface area contributed by atoms with Crippen LogP contribution in [0.15, 0.2) is 45.8 Å². The van der Waals surface area contributed by atoms with Gasteiger partial charge in [-0.1, -0.05) is 17.7 Å². The summed E-state index contributed by atoms with van der Waals surface area (Å²) < 4.78 is 0.888. The van der Waals surface area contributed by atoms with Gasteiger partial charge in [0.1, 0.15) is 0 Å². The molecule has 6 heteroatoms. The van der Waals surface area contributed by atoms with Crippen LogP contribution in [-0.2, 0) is 4.79 Å². The summed E-state index contributed by atoms with van der Waals surface area (Å²) in [6.45, 7) is 1.93. The lowest BCUT2D eigenvalue weighted by Gasteiger charge is -2.09. The van der Waals surface area contributed by atoms with Gasteiger partial charge in [0.25, 0.3) is 0 Å². The lowest BCUT2D eigenvalue weighted by Crippen LogP contribution is -2.14. The van der Waals surface area contributed by atoms with E-state index in [1.807, 2.05) is 31.2 Å². The number of thioether (sulfide) groups is 1. The van der Waals surface area contributed by atoms with E-state index in [0.717, 1.165) is 20.6 Å². The Morgan fingerprint density at radius 1 is 1.33 bits per heavy atom. The van der Waals surface area contributed by atoms with Crippen molar-refractivity contribution in [3.05, 3.63) is 51.5 Å². The number of nitrogens with one attached hydrogen (secondary N) is 1. The quantitative estimate of drug-likeness (QED) is 0.591. The van der Waals surface area contributed by atoms with Crippen molar-refractivity contribution in [3.63, 3.8) is 0 Å². The van der Waals surface area contributed by atoms with E-state index in [2.05, 4.69) is 21.2 Å². The minimum atomic E-state index is -0.0749. The molecule has 2 aromatic carbocycles. The van der Waals surface area contributed by atoms with E-state index < -0.39 is 0 Å². The fraction of sp³-hybridized carbons (Fsp3) is 0.133. The van der Waals surface area contributed by atoms with Crippen molar-refractivity contribution in [2.45, 2.75) is 11.8 Å². The van der Waals surface area contributed by atoms with Crippen LogP contribution < -0.4 is 11.1 Å². The first-order valence-corrected chi connectivity index (χ1v) is 8.35. The van der Waals surface area contributed by atoms with E-state index >= 15 is 0 Å². The summed E-state index contributed by atoms with van der Waals surface area (Å²) in [5.41, 5.74) is 8.09. The van der Waals surface area contributed by atoms with Crippen LogP contribution in [0.1, 0.15) is 5.56 Å². The van der Waals surface area contributed by atoms with Crippen molar-refractivity contribution in [3.8, 4) is 0 Å². The second-order valence-corrected chi connectivity index (χ2v) is 6.79. The normalized spacial score (nSPS) is 10.4. The third-order valence-corrected chi connectivity index (χ3v) is 5.02. The van der Waals surface area contributed by atoms with E-state index in [4.69, 9.17) is 17.3 Å². The van der Waals surface area contributed by atoms with Gasteiger partial charge < -0.3 is 11.1 Å². The van der Waals surface area contributed by atoms with Crippen molar-refractivity contribution in [1.82, 2.24) is 0 Å². The topological polar surface area (TPSA) is 55.1 Å². The van der Waals surface area contributed by atoms with Crippen molar-refractivity contribution in [2.75, 3.05) is 16.8 Å². The molecule has 0 unspecified atom stereocenters. The van der Waals surface area contributed by atoms with E-state index in [1.54, 1.807) is 12.1 Å². The lowest BCUT2D eigenvalue weighted by atomic mass is 10.2. The zero-order chi connectivity index (χ0) is 15.4. The van der Waals surface area contributed by atoms with Gasteiger partial charge in [0.15, 0.2) is 0 Å². The molecule has 0 saturated carbocycles. The van der Waals surface area contributed by atoms with E-state index in [1.165, 1.54) is 11.8 Å². The average molecular weight is 386 g/mol. The molecule has 110 valence electrons. The van der Waals surface area contributed by atoms with Crippen LogP contribution in [-0.4, -0.2) is 11.7 Å². The molecular weight excluding hydrogens is 372 g/mol. The summed E-state index contributed by atoms with van der Waals surface area (Å²) in [7, 11) is 0. The Hall–Kier alpha value is -1.17. The zero-order valence-corrected chi connectivity index (χ0v) is 14.5. The molecular formula is C15H14BrClN2OS. The number of aryl methyl sites for hydroxylation is 1. The maximum absolute atomic E-state index is 12.0. The van der Waals surface area contributed by atoms with Gasteiger partial charge in [-0.3, -0.25) is 4.79 Å². The molecule has 0 aliphatic heterocycles. The number of carbonyl (C=O) groups excluding carboxylic acids is 1. The van der Waals surface area contributed by atoms with Gasteiger partial charge in [0.2, 0.25) is 5.91 Å². The summed E-state index contributed by atoms with van der Waals surface area (Å²) in [4.78, 5) is 13.0. The Bertz CT molecular complexity index is 679. The summed E-state index contributed by atoms with van der Waals surface area (Å²) in [5.74, 6) is 0.239. The highest BCUT2D eigenvalue weighted by molar-refractivity contribution is 9.10. The first-order valence-electron chi connectivity index (χ1n) is 6.19. The van der Waals surface area contributed by atoms with Crippen LogP contribution in [0.5, 0.6) is 0 Å². The molecule has 2 aromatic rings. The number of nitrogen functional groups attached to an aromatic ring is 1. The standard InChI is InChI=1S/C15H14BrClN2OS/c1-9-2-3-10(17)6-13(9)19-15(20)8-21-14-5-4-11(18)7-12(14)16/h2-7H,8,18H2,1H3,(H,19,20). The second-order valence-electron chi connectivity index (χ2n) is 4.49. The first-order chi connectivity index (χ1) is 9.95. The number of halogens is 2. The maximum atomic E-state index is 12.0. The number of anilines is 2. The Labute approximate surface area is 141 Å². The molecule has 1 amide bonds. The van der Waals surface area contributed by atoms with Crippen LogP contribution in [0.3, 0.4) is 0 Å². The molecule has 0 fully saturated rings. The largest absolute Gasteiger partial charge is 0.399 e. The number of hydrogen-bond acceptors (Lipinski definition) is 3. The van der Waals surface area contributed by atoms with E-state index in [9.17, 15) is 4.79 Å². The number of hydrogen-bond donors (Lipinski definition) is 2. The molecule has 0 radical (unpaired) electrons. The number of rotatable bonds is 4. The van der Waals surface area contributed by atoms with E-state index in [-0.39, 0.29) is 5.91 Å². The molecule has 0 bridgehead atoms. The number of benzene rings is 2. The van der Waals surface area contributed by atoms with Crippen molar-refractivity contribution >= 4 is 56.6 Å². The van der Waals surface area contributed by atoms with Crippen molar-refractivity contribution in [1.29, 1.82) is 0 Å². The van der Waals surface area contributed by atoms with Crippen LogP contribution in [0.4, 0.5) is 11.4 Å². The zero-order valence-electron chi connectivity index (χ0n) is 11.3. The van der Waals surface area contributed by atoms with Gasteiger partial charge in [-0.2, -0.15) is 0 Å². The predicted molar refractivity (Wildman–Crippen MR) is 94.1 cm³/mol. The number of nitrogens with two attached hydrogens (primary N) is 1. The minimum absolute atomic E-state index is 0.0749. The molecule has 0 aliphatic rings. The average Bonchev–Trinajstić information content (AvgIpc) is 2.42. The summed E-state index contributed by atoms with van der Waals surface area (Å²) in [5, 5.41) is 3.47. The van der Waals surface area contributed by atoms with Crippen molar-refractivity contribution in [2.24, 2.45) is 0 Å². The maximum Gasteiger partial charge on any atom is 0.234 e. The monoisotopic (exact) mass is 384 g/mol. The van der Waals surface area contributed by atoms with Gasteiger partial charge >= 0.3 is 0 Å².